The second-order valence-corrected chi connectivity index (χ2v) is 21.9. The molecule has 0 heterocycles. The van der Waals surface area contributed by atoms with E-state index in [9.17, 15) is 0 Å². The molecule has 0 atom stereocenters. The van der Waals surface area contributed by atoms with E-state index in [1.54, 1.807) is 23.3 Å². The number of rotatable bonds is 3. The summed E-state index contributed by atoms with van der Waals surface area (Å²) >= 11 is 1.74. The van der Waals surface area contributed by atoms with Crippen molar-refractivity contribution in [1.82, 2.24) is 0 Å². The van der Waals surface area contributed by atoms with Crippen LogP contribution in [0.2, 0.25) is 13.1 Å². The first kappa shape index (κ1) is 39.0. The summed E-state index contributed by atoms with van der Waals surface area (Å²) in [6.45, 7) is 22.3. The smallest absolute Gasteiger partial charge is 0.0247 e. The zero-order chi connectivity index (χ0) is 31.4. The van der Waals surface area contributed by atoms with Crippen LogP contribution >= 0.6 is 0 Å². The Morgan fingerprint density at radius 2 is 1.07 bits per heavy atom. The number of benzene rings is 4. The van der Waals surface area contributed by atoms with Gasteiger partial charge in [-0.2, -0.15) is 12.1 Å². The summed E-state index contributed by atoms with van der Waals surface area (Å²) in [5.74, 6) is 0.578. The van der Waals surface area contributed by atoms with Gasteiger partial charge in [0.15, 0.2) is 0 Å². The molecule has 0 nitrogen and oxygen atoms in total. The van der Waals surface area contributed by atoms with Crippen molar-refractivity contribution >= 4 is 27.0 Å². The molecule has 4 heteroatoms. The van der Waals surface area contributed by atoms with Crippen molar-refractivity contribution in [2.75, 3.05) is 0 Å². The zero-order valence-electron chi connectivity index (χ0n) is 28.5. The van der Waals surface area contributed by atoms with Crippen molar-refractivity contribution in [3.8, 4) is 22.3 Å². The molecule has 45 heavy (non-hydrogen) atoms. The number of hydrogen-bond acceptors (Lipinski definition) is 0. The topological polar surface area (TPSA) is 0 Å². The SMILES string of the molecule is C[Si](C)=[Zr+2].Cc1cc2c(-c3cccc(C)c3C)ccc(C)c2[cH-]1.Cc1cccc(-c2cccc3[cH-]c(C(C)C)cc23)c1C.[Cl-].[Cl-]. The van der Waals surface area contributed by atoms with Gasteiger partial charge in [0.2, 0.25) is 0 Å². The Kier molecular flexibility index (Phi) is 14.8. The van der Waals surface area contributed by atoms with Gasteiger partial charge in [0.25, 0.3) is 0 Å². The van der Waals surface area contributed by atoms with Crippen molar-refractivity contribution in [3.63, 3.8) is 0 Å². The first-order valence-corrected chi connectivity index (χ1v) is 21.6. The van der Waals surface area contributed by atoms with Gasteiger partial charge < -0.3 is 24.8 Å². The third-order valence-corrected chi connectivity index (χ3v) is 8.48. The van der Waals surface area contributed by atoms with Crippen LogP contribution < -0.4 is 24.8 Å². The van der Waals surface area contributed by atoms with Crippen molar-refractivity contribution in [1.29, 1.82) is 0 Å². The van der Waals surface area contributed by atoms with E-state index in [2.05, 4.69) is 159 Å². The molecular weight excluding hydrogens is 683 g/mol. The minimum Gasteiger partial charge on any atom is -1.00 e. The molecule has 6 rings (SSSR count). The Morgan fingerprint density at radius 3 is 1.60 bits per heavy atom. The largest absolute Gasteiger partial charge is 1.00 e. The molecule has 0 amide bonds. The van der Waals surface area contributed by atoms with Crippen LogP contribution in [0.4, 0.5) is 0 Å². The van der Waals surface area contributed by atoms with E-state index in [0.717, 1.165) is 0 Å². The second kappa shape index (κ2) is 17.1. The van der Waals surface area contributed by atoms with E-state index in [0.29, 0.717) is 5.92 Å². The van der Waals surface area contributed by atoms with Crippen molar-refractivity contribution in [2.45, 2.75) is 74.4 Å². The minimum atomic E-state index is 0. The van der Waals surface area contributed by atoms with Crippen LogP contribution in [0, 0.1) is 41.5 Å². The molecule has 0 radical (unpaired) electrons. The molecule has 0 spiro atoms. The second-order valence-electron chi connectivity index (χ2n) is 12.5. The fourth-order valence-corrected chi connectivity index (χ4v) is 5.74. The molecule has 6 aromatic rings. The van der Waals surface area contributed by atoms with Gasteiger partial charge in [0.1, 0.15) is 0 Å². The molecule has 0 fully saturated rings. The van der Waals surface area contributed by atoms with Gasteiger partial charge in [-0.1, -0.05) is 87.4 Å². The van der Waals surface area contributed by atoms with E-state index in [1.165, 1.54) is 82.7 Å². The third-order valence-electron chi connectivity index (χ3n) is 8.48. The fourth-order valence-electron chi connectivity index (χ4n) is 5.74. The van der Waals surface area contributed by atoms with E-state index >= 15 is 0 Å². The van der Waals surface area contributed by atoms with Crippen molar-refractivity contribution in [3.05, 3.63) is 130 Å². The van der Waals surface area contributed by atoms with Crippen LogP contribution in [0.15, 0.2) is 91.0 Å². The average Bonchev–Trinajstić information content (AvgIpc) is 3.57. The quantitative estimate of drug-likeness (QED) is 0.150. The Labute approximate surface area is 299 Å². The van der Waals surface area contributed by atoms with Gasteiger partial charge in [-0.3, -0.25) is 0 Å². The van der Waals surface area contributed by atoms with Gasteiger partial charge in [-0.25, -0.2) is 0 Å². The summed E-state index contributed by atoms with van der Waals surface area (Å²) in [6, 6.07) is 33.6. The standard InChI is InChI=1S/C20H21.C19H19.C2H6Si.2ClH.Zr/c1-13(2)17-11-16-8-6-10-19(20(16)12-17)18-9-5-7-14(3)15(18)4;1-12-10-18-14(3)8-9-17(19(18)11-12)16-7-5-6-13(2)15(16)4;1-3-2;;;/h5-13H,1-4H3;5-11H,1-4H3;1-2H3;2*1H;/q2*-1;;;;+2/p-2. The monoisotopic (exact) mass is 726 g/mol. The molecule has 0 saturated heterocycles. The first-order valence-electron chi connectivity index (χ1n) is 15.4. The summed E-state index contributed by atoms with van der Waals surface area (Å²) in [7, 11) is 0. The van der Waals surface area contributed by atoms with Crippen LogP contribution in [0.1, 0.15) is 58.7 Å². The Morgan fingerprint density at radius 1 is 0.578 bits per heavy atom. The number of hydrogen-bond donors (Lipinski definition) is 0. The van der Waals surface area contributed by atoms with Crippen LogP contribution in [-0.2, 0) is 23.3 Å². The van der Waals surface area contributed by atoms with Gasteiger partial charge in [-0.05, 0) is 67.0 Å². The Bertz CT molecular complexity index is 1900. The molecule has 0 N–H and O–H groups in total. The van der Waals surface area contributed by atoms with Gasteiger partial charge in [-0.15, -0.1) is 68.6 Å². The number of halogens is 2. The maximum absolute atomic E-state index is 2.36. The average molecular weight is 729 g/mol. The van der Waals surface area contributed by atoms with E-state index in [4.69, 9.17) is 0 Å². The molecule has 234 valence electrons. The molecular formula is C41H46Cl2SiZr-2. The Balaban J connectivity index is 0.000000270. The Hall–Kier alpha value is -2.22. The molecule has 6 aromatic carbocycles. The van der Waals surface area contributed by atoms with E-state index < -0.39 is 0 Å². The molecule has 0 bridgehead atoms. The van der Waals surface area contributed by atoms with Crippen molar-refractivity contribution < 1.29 is 48.1 Å². The van der Waals surface area contributed by atoms with Gasteiger partial charge in [0.05, 0.1) is 0 Å². The van der Waals surface area contributed by atoms with E-state index in [1.807, 2.05) is 0 Å². The number of fused-ring (bicyclic) bond motifs is 2. The summed E-state index contributed by atoms with van der Waals surface area (Å²) in [4.78, 5) is 0. The molecule has 0 saturated carbocycles. The molecule has 0 aliphatic rings. The maximum atomic E-state index is 2.36. The molecule has 0 aliphatic carbocycles. The molecule has 0 aliphatic heterocycles. The van der Waals surface area contributed by atoms with Crippen LogP contribution in [0.25, 0.3) is 43.8 Å². The number of aryl methyl sites for hydroxylation is 4. The minimum absolute atomic E-state index is 0. The third kappa shape index (κ3) is 9.20. The van der Waals surface area contributed by atoms with Crippen molar-refractivity contribution in [2.24, 2.45) is 0 Å². The molecule has 0 unspecified atom stereocenters. The summed E-state index contributed by atoms with van der Waals surface area (Å²) in [5, 5.41) is 5.50. The summed E-state index contributed by atoms with van der Waals surface area (Å²) in [5.41, 5.74) is 15.2. The predicted molar refractivity (Wildman–Crippen MR) is 190 cm³/mol. The molecule has 0 aromatic heterocycles. The van der Waals surface area contributed by atoms with E-state index in [-0.39, 0.29) is 30.2 Å². The zero-order valence-corrected chi connectivity index (χ0v) is 33.5. The van der Waals surface area contributed by atoms with Crippen LogP contribution in [-0.4, -0.2) is 5.43 Å². The van der Waals surface area contributed by atoms with Gasteiger partial charge >= 0.3 is 41.9 Å². The predicted octanol–water partition coefficient (Wildman–Crippen LogP) is 6.22. The maximum Gasteiger partial charge on any atom is -0.0247 e. The van der Waals surface area contributed by atoms with Crippen LogP contribution in [0.5, 0.6) is 0 Å². The normalized spacial score (nSPS) is 10.4. The summed E-state index contributed by atoms with van der Waals surface area (Å²) < 4.78 is 0. The fraction of sp³-hybridized carbons (Fsp3) is 0.268. The van der Waals surface area contributed by atoms with Gasteiger partial charge in [0, 0.05) is 0 Å². The van der Waals surface area contributed by atoms with Crippen LogP contribution in [0.3, 0.4) is 0 Å². The summed E-state index contributed by atoms with van der Waals surface area (Å²) in [6.07, 6.45) is 0. The first-order chi connectivity index (χ1) is 20.4.